The Morgan fingerprint density at radius 2 is 2.25 bits per heavy atom. The first-order valence-corrected chi connectivity index (χ1v) is 7.77. The SMILES string of the molecule is Cc1cccc(CCNCC2CN(C(C)C)CCO2)c1. The van der Waals surface area contributed by atoms with E-state index < -0.39 is 0 Å². The molecule has 1 aliphatic rings. The number of benzene rings is 1. The van der Waals surface area contributed by atoms with Crippen LogP contribution in [0.15, 0.2) is 24.3 Å². The van der Waals surface area contributed by atoms with Crippen LogP contribution in [0.3, 0.4) is 0 Å². The minimum atomic E-state index is 0.337. The lowest BCUT2D eigenvalue weighted by molar-refractivity contribution is -0.0370. The molecule has 1 N–H and O–H groups in total. The van der Waals surface area contributed by atoms with Gasteiger partial charge in [0.05, 0.1) is 12.7 Å². The largest absolute Gasteiger partial charge is 0.374 e. The van der Waals surface area contributed by atoms with Crippen LogP contribution in [-0.4, -0.2) is 49.8 Å². The van der Waals surface area contributed by atoms with E-state index in [0.29, 0.717) is 12.1 Å². The number of nitrogens with zero attached hydrogens (tertiary/aromatic N) is 1. The van der Waals surface area contributed by atoms with Gasteiger partial charge in [-0.05, 0) is 39.3 Å². The second-order valence-corrected chi connectivity index (χ2v) is 6.02. The van der Waals surface area contributed by atoms with Crippen LogP contribution in [0, 0.1) is 6.92 Å². The van der Waals surface area contributed by atoms with Crippen molar-refractivity contribution in [1.82, 2.24) is 10.2 Å². The minimum Gasteiger partial charge on any atom is -0.374 e. The fraction of sp³-hybridized carbons (Fsp3) is 0.647. The quantitative estimate of drug-likeness (QED) is 0.807. The summed E-state index contributed by atoms with van der Waals surface area (Å²) >= 11 is 0. The smallest absolute Gasteiger partial charge is 0.0826 e. The van der Waals surface area contributed by atoms with Crippen LogP contribution in [0.4, 0.5) is 0 Å². The number of morpholine rings is 1. The fourth-order valence-electron chi connectivity index (χ4n) is 2.70. The van der Waals surface area contributed by atoms with Crippen molar-refractivity contribution in [2.45, 2.75) is 39.3 Å². The summed E-state index contributed by atoms with van der Waals surface area (Å²) in [6, 6.07) is 9.36. The van der Waals surface area contributed by atoms with Gasteiger partial charge in [0, 0.05) is 25.7 Å². The van der Waals surface area contributed by atoms with Crippen LogP contribution in [0.1, 0.15) is 25.0 Å². The lowest BCUT2D eigenvalue weighted by Gasteiger charge is -2.35. The van der Waals surface area contributed by atoms with Crippen molar-refractivity contribution in [3.63, 3.8) is 0 Å². The Kier molecular flexibility index (Phi) is 6.02. The van der Waals surface area contributed by atoms with Crippen molar-refractivity contribution in [2.75, 3.05) is 32.8 Å². The van der Waals surface area contributed by atoms with Crippen LogP contribution < -0.4 is 5.32 Å². The monoisotopic (exact) mass is 276 g/mol. The molecule has 0 bridgehead atoms. The van der Waals surface area contributed by atoms with Crippen LogP contribution >= 0.6 is 0 Å². The average Bonchev–Trinajstić information content (AvgIpc) is 2.44. The molecule has 1 aromatic rings. The van der Waals surface area contributed by atoms with Crippen molar-refractivity contribution >= 4 is 0 Å². The van der Waals surface area contributed by atoms with Gasteiger partial charge in [0.25, 0.3) is 0 Å². The molecule has 112 valence electrons. The molecule has 0 aliphatic carbocycles. The summed E-state index contributed by atoms with van der Waals surface area (Å²) in [6.45, 7) is 11.6. The van der Waals surface area contributed by atoms with E-state index in [4.69, 9.17) is 4.74 Å². The molecule has 0 saturated carbocycles. The maximum Gasteiger partial charge on any atom is 0.0826 e. The van der Waals surface area contributed by atoms with E-state index in [9.17, 15) is 0 Å². The predicted molar refractivity (Wildman–Crippen MR) is 84.2 cm³/mol. The molecule has 1 aromatic carbocycles. The molecular weight excluding hydrogens is 248 g/mol. The van der Waals surface area contributed by atoms with E-state index >= 15 is 0 Å². The molecule has 1 aliphatic heterocycles. The summed E-state index contributed by atoms with van der Waals surface area (Å²) < 4.78 is 5.83. The van der Waals surface area contributed by atoms with E-state index in [2.05, 4.69) is 55.3 Å². The molecule has 1 atom stereocenters. The van der Waals surface area contributed by atoms with Crippen molar-refractivity contribution in [3.8, 4) is 0 Å². The van der Waals surface area contributed by atoms with Crippen molar-refractivity contribution in [3.05, 3.63) is 35.4 Å². The molecule has 1 heterocycles. The summed E-state index contributed by atoms with van der Waals surface area (Å²) in [4.78, 5) is 2.50. The summed E-state index contributed by atoms with van der Waals surface area (Å²) in [5.41, 5.74) is 2.75. The molecular formula is C17H28N2O. The summed E-state index contributed by atoms with van der Waals surface area (Å²) in [5.74, 6) is 0. The Hall–Kier alpha value is -0.900. The third kappa shape index (κ3) is 4.89. The summed E-state index contributed by atoms with van der Waals surface area (Å²) in [6.07, 6.45) is 1.42. The third-order valence-electron chi connectivity index (χ3n) is 3.95. The topological polar surface area (TPSA) is 24.5 Å². The second kappa shape index (κ2) is 7.77. The Morgan fingerprint density at radius 1 is 1.40 bits per heavy atom. The molecule has 1 unspecified atom stereocenters. The highest BCUT2D eigenvalue weighted by atomic mass is 16.5. The molecule has 0 aromatic heterocycles. The standard InChI is InChI=1S/C17H28N2O/c1-14(2)19-9-10-20-17(13-19)12-18-8-7-16-6-4-5-15(3)11-16/h4-6,11,14,17-18H,7-10,12-13H2,1-3H3. The van der Waals surface area contributed by atoms with Gasteiger partial charge in [-0.1, -0.05) is 29.8 Å². The maximum atomic E-state index is 5.83. The molecule has 1 fully saturated rings. The van der Waals surface area contributed by atoms with E-state index in [1.165, 1.54) is 11.1 Å². The number of hydrogen-bond donors (Lipinski definition) is 1. The molecule has 2 rings (SSSR count). The molecule has 1 saturated heterocycles. The minimum absolute atomic E-state index is 0.337. The van der Waals surface area contributed by atoms with Crippen LogP contribution in [-0.2, 0) is 11.2 Å². The van der Waals surface area contributed by atoms with Crippen LogP contribution in [0.2, 0.25) is 0 Å². The van der Waals surface area contributed by atoms with Crippen molar-refractivity contribution in [1.29, 1.82) is 0 Å². The Labute approximate surface area is 123 Å². The van der Waals surface area contributed by atoms with Gasteiger partial charge in [-0.3, -0.25) is 4.90 Å². The van der Waals surface area contributed by atoms with Gasteiger partial charge in [0.1, 0.15) is 0 Å². The van der Waals surface area contributed by atoms with Gasteiger partial charge in [0.15, 0.2) is 0 Å². The average molecular weight is 276 g/mol. The Morgan fingerprint density at radius 3 is 3.00 bits per heavy atom. The fourth-order valence-corrected chi connectivity index (χ4v) is 2.70. The second-order valence-electron chi connectivity index (χ2n) is 6.02. The highest BCUT2D eigenvalue weighted by molar-refractivity contribution is 5.22. The summed E-state index contributed by atoms with van der Waals surface area (Å²) in [5, 5.41) is 3.53. The first-order valence-electron chi connectivity index (χ1n) is 7.77. The molecule has 0 amide bonds. The normalized spacial score (nSPS) is 20.5. The molecule has 3 heteroatoms. The molecule has 3 nitrogen and oxygen atoms in total. The zero-order valence-corrected chi connectivity index (χ0v) is 13.1. The molecule has 20 heavy (non-hydrogen) atoms. The van der Waals surface area contributed by atoms with Crippen molar-refractivity contribution in [2.24, 2.45) is 0 Å². The Bertz CT molecular complexity index is 406. The number of rotatable bonds is 6. The highest BCUT2D eigenvalue weighted by Crippen LogP contribution is 2.08. The van der Waals surface area contributed by atoms with Gasteiger partial charge in [-0.15, -0.1) is 0 Å². The molecule has 0 radical (unpaired) electrons. The number of ether oxygens (including phenoxy) is 1. The van der Waals surface area contributed by atoms with Gasteiger partial charge < -0.3 is 10.1 Å². The van der Waals surface area contributed by atoms with Crippen molar-refractivity contribution < 1.29 is 4.74 Å². The van der Waals surface area contributed by atoms with E-state index in [1.807, 2.05) is 0 Å². The maximum absolute atomic E-state index is 5.83. The zero-order valence-electron chi connectivity index (χ0n) is 13.1. The first-order chi connectivity index (χ1) is 9.65. The van der Waals surface area contributed by atoms with Gasteiger partial charge in [-0.2, -0.15) is 0 Å². The highest BCUT2D eigenvalue weighted by Gasteiger charge is 2.21. The third-order valence-corrected chi connectivity index (χ3v) is 3.95. The van der Waals surface area contributed by atoms with E-state index in [-0.39, 0.29) is 0 Å². The zero-order chi connectivity index (χ0) is 14.4. The lowest BCUT2D eigenvalue weighted by Crippen LogP contribution is -2.49. The van der Waals surface area contributed by atoms with Crippen LogP contribution in [0.5, 0.6) is 0 Å². The Balaban J connectivity index is 1.66. The van der Waals surface area contributed by atoms with Gasteiger partial charge in [-0.25, -0.2) is 0 Å². The van der Waals surface area contributed by atoms with Gasteiger partial charge in [0.2, 0.25) is 0 Å². The number of aryl methyl sites for hydroxylation is 1. The number of hydrogen-bond acceptors (Lipinski definition) is 3. The van der Waals surface area contributed by atoms with E-state index in [1.54, 1.807) is 0 Å². The first kappa shape index (κ1) is 15.5. The molecule has 0 spiro atoms. The summed E-state index contributed by atoms with van der Waals surface area (Å²) in [7, 11) is 0. The van der Waals surface area contributed by atoms with E-state index in [0.717, 1.165) is 39.2 Å². The number of nitrogens with one attached hydrogen (secondary N) is 1. The lowest BCUT2D eigenvalue weighted by atomic mass is 10.1. The van der Waals surface area contributed by atoms with Gasteiger partial charge >= 0.3 is 0 Å². The predicted octanol–water partition coefficient (Wildman–Crippen LogP) is 2.24. The van der Waals surface area contributed by atoms with Crippen LogP contribution in [0.25, 0.3) is 0 Å².